The molecule has 7 atom stereocenters. The summed E-state index contributed by atoms with van der Waals surface area (Å²) in [6.07, 6.45) is 10.6. The summed E-state index contributed by atoms with van der Waals surface area (Å²) in [5.41, 5.74) is 0.862. The average molecular weight is 329 g/mol. The quantitative estimate of drug-likeness (QED) is 0.716. The molecule has 0 heterocycles. The minimum Gasteiger partial charge on any atom is -0.393 e. The van der Waals surface area contributed by atoms with Crippen LogP contribution in [0.3, 0.4) is 0 Å². The van der Waals surface area contributed by atoms with Gasteiger partial charge in [0.05, 0.1) is 24.2 Å². The van der Waals surface area contributed by atoms with Gasteiger partial charge in [0, 0.05) is 5.41 Å². The summed E-state index contributed by atoms with van der Waals surface area (Å²) < 4.78 is 0. The van der Waals surface area contributed by atoms with Crippen LogP contribution in [0.5, 0.6) is 0 Å². The van der Waals surface area contributed by atoms with E-state index in [2.05, 4.69) is 26.0 Å². The first-order valence-electron chi connectivity index (χ1n) is 9.81. The lowest BCUT2D eigenvalue weighted by Gasteiger charge is -2.58. The Kier molecular flexibility index (Phi) is 3.68. The van der Waals surface area contributed by atoms with Gasteiger partial charge >= 0.3 is 0 Å². The van der Waals surface area contributed by atoms with Crippen LogP contribution in [0, 0.1) is 39.9 Å². The molecule has 4 aliphatic carbocycles. The lowest BCUT2D eigenvalue weighted by molar-refractivity contribution is -0.122. The van der Waals surface area contributed by atoms with Gasteiger partial charge in [0.2, 0.25) is 0 Å². The number of nitriles is 1. The van der Waals surface area contributed by atoms with Crippen LogP contribution < -0.4 is 0 Å². The van der Waals surface area contributed by atoms with Gasteiger partial charge in [-0.25, -0.2) is 0 Å². The topological polar surface area (TPSA) is 64.2 Å². The smallest absolute Gasteiger partial charge is 0.0833 e. The average Bonchev–Trinajstić information content (AvgIpc) is 2.80. The molecule has 4 rings (SSSR count). The number of hydrogen-bond donors (Lipinski definition) is 2. The molecular weight excluding hydrogens is 298 g/mol. The molecule has 0 saturated heterocycles. The van der Waals surface area contributed by atoms with Gasteiger partial charge in [-0.1, -0.05) is 25.5 Å². The van der Waals surface area contributed by atoms with Crippen LogP contribution in [-0.2, 0) is 0 Å². The molecule has 4 aliphatic rings. The minimum atomic E-state index is -0.787. The summed E-state index contributed by atoms with van der Waals surface area (Å²) in [6.45, 7) is 4.69. The maximum Gasteiger partial charge on any atom is 0.0833 e. The van der Waals surface area contributed by atoms with E-state index >= 15 is 0 Å². The van der Waals surface area contributed by atoms with Gasteiger partial charge in [-0.3, -0.25) is 0 Å². The number of rotatable bonds is 1. The highest BCUT2D eigenvalue weighted by Crippen LogP contribution is 2.67. The van der Waals surface area contributed by atoms with Gasteiger partial charge in [0.1, 0.15) is 0 Å². The maximum atomic E-state index is 11.2. The predicted octanol–water partition coefficient (Wildman–Crippen LogP) is 3.95. The van der Waals surface area contributed by atoms with Crippen molar-refractivity contribution < 1.29 is 10.2 Å². The van der Waals surface area contributed by atoms with Crippen LogP contribution in [0.1, 0.15) is 71.6 Å². The Bertz CT molecular complexity index is 607. The van der Waals surface area contributed by atoms with Crippen molar-refractivity contribution in [2.75, 3.05) is 0 Å². The molecule has 0 radical (unpaired) electrons. The van der Waals surface area contributed by atoms with Crippen LogP contribution in [-0.4, -0.2) is 21.9 Å². The molecular formula is C21H31NO2. The van der Waals surface area contributed by atoms with Crippen molar-refractivity contribution in [3.63, 3.8) is 0 Å². The van der Waals surface area contributed by atoms with E-state index in [1.165, 1.54) is 5.57 Å². The summed E-state index contributed by atoms with van der Waals surface area (Å²) in [5.74, 6) is 1.86. The van der Waals surface area contributed by atoms with Crippen molar-refractivity contribution in [3.05, 3.63) is 11.6 Å². The first-order valence-corrected chi connectivity index (χ1v) is 9.81. The second-order valence-electron chi connectivity index (χ2n) is 9.52. The zero-order valence-electron chi connectivity index (χ0n) is 15.1. The van der Waals surface area contributed by atoms with Crippen LogP contribution in [0.4, 0.5) is 0 Å². The molecule has 3 saturated carbocycles. The minimum absolute atomic E-state index is 0.0974. The van der Waals surface area contributed by atoms with Gasteiger partial charge in [-0.2, -0.15) is 5.26 Å². The summed E-state index contributed by atoms with van der Waals surface area (Å²) >= 11 is 0. The molecule has 3 fully saturated rings. The second kappa shape index (κ2) is 5.32. The first-order chi connectivity index (χ1) is 11.3. The number of nitrogens with zero attached hydrogens (tertiary/aromatic N) is 1. The van der Waals surface area contributed by atoms with E-state index in [0.29, 0.717) is 17.8 Å². The van der Waals surface area contributed by atoms with Gasteiger partial charge in [-0.05, 0) is 74.5 Å². The van der Waals surface area contributed by atoms with E-state index in [4.69, 9.17) is 0 Å². The first kappa shape index (κ1) is 16.6. The standard InChI is InChI=1S/C21H31NO2/c1-19-8-5-15(23)13-14(19)3-4-16-17(19)6-9-20(2)18(16)7-10-21(20,24)11-12-22/h3,15-18,23-24H,4-11,13H2,1-2H3/t15-,16-,17+,18+,19+,20+,21+/m1/s1. The van der Waals surface area contributed by atoms with E-state index in [0.717, 1.165) is 51.4 Å². The molecule has 0 aromatic carbocycles. The van der Waals surface area contributed by atoms with Crippen molar-refractivity contribution >= 4 is 0 Å². The van der Waals surface area contributed by atoms with Crippen molar-refractivity contribution in [3.8, 4) is 6.07 Å². The summed E-state index contributed by atoms with van der Waals surface area (Å²) in [7, 11) is 0. The molecule has 0 bridgehead atoms. The highest BCUT2D eigenvalue weighted by atomic mass is 16.3. The Labute approximate surface area is 145 Å². The van der Waals surface area contributed by atoms with Crippen LogP contribution >= 0.6 is 0 Å². The molecule has 3 heteroatoms. The van der Waals surface area contributed by atoms with Gasteiger partial charge < -0.3 is 10.2 Å². The fourth-order valence-electron chi connectivity index (χ4n) is 7.17. The molecule has 0 aliphatic heterocycles. The molecule has 0 spiro atoms. The monoisotopic (exact) mass is 329 g/mol. The molecule has 0 aromatic rings. The van der Waals surface area contributed by atoms with Crippen LogP contribution in [0.15, 0.2) is 11.6 Å². The number of hydrogen-bond acceptors (Lipinski definition) is 3. The number of aliphatic hydroxyl groups is 2. The van der Waals surface area contributed by atoms with E-state index in [9.17, 15) is 15.5 Å². The highest BCUT2D eigenvalue weighted by molar-refractivity contribution is 5.26. The number of allylic oxidation sites excluding steroid dienone is 1. The highest BCUT2D eigenvalue weighted by Gasteiger charge is 2.63. The fourth-order valence-corrected chi connectivity index (χ4v) is 7.17. The third-order valence-electron chi connectivity index (χ3n) is 8.77. The number of fused-ring (bicyclic) bond motifs is 5. The molecule has 24 heavy (non-hydrogen) atoms. The SMILES string of the molecule is C[C@]12CC[C@@H](O)CC1=CC[C@@H]1[C@@H]2CC[C@@]2(C)[C@H]1CC[C@]2(O)CC#N. The maximum absolute atomic E-state index is 11.2. The van der Waals surface area contributed by atoms with Crippen molar-refractivity contribution in [2.45, 2.75) is 83.3 Å². The van der Waals surface area contributed by atoms with Crippen molar-refractivity contribution in [1.29, 1.82) is 5.26 Å². The Balaban J connectivity index is 1.67. The second-order valence-corrected chi connectivity index (χ2v) is 9.52. The molecule has 132 valence electrons. The molecule has 0 unspecified atom stereocenters. The summed E-state index contributed by atoms with van der Waals surface area (Å²) in [6, 6.07) is 2.25. The van der Waals surface area contributed by atoms with Gasteiger partial charge in [0.25, 0.3) is 0 Å². The fraction of sp³-hybridized carbons (Fsp3) is 0.857. The Hall–Kier alpha value is -0.850. The van der Waals surface area contributed by atoms with Crippen LogP contribution in [0.2, 0.25) is 0 Å². The Morgan fingerprint density at radius 2 is 1.92 bits per heavy atom. The largest absolute Gasteiger partial charge is 0.393 e. The van der Waals surface area contributed by atoms with E-state index in [1.54, 1.807) is 0 Å². The predicted molar refractivity (Wildman–Crippen MR) is 92.9 cm³/mol. The summed E-state index contributed by atoms with van der Waals surface area (Å²) in [5, 5.41) is 30.5. The van der Waals surface area contributed by atoms with Crippen molar-refractivity contribution in [1.82, 2.24) is 0 Å². The summed E-state index contributed by atoms with van der Waals surface area (Å²) in [4.78, 5) is 0. The van der Waals surface area contributed by atoms with Crippen molar-refractivity contribution in [2.24, 2.45) is 28.6 Å². The third kappa shape index (κ3) is 2.02. The Morgan fingerprint density at radius 1 is 1.17 bits per heavy atom. The van der Waals surface area contributed by atoms with Gasteiger partial charge in [-0.15, -0.1) is 0 Å². The third-order valence-corrected chi connectivity index (χ3v) is 8.77. The van der Waals surface area contributed by atoms with E-state index < -0.39 is 5.60 Å². The lowest BCUT2D eigenvalue weighted by atomic mass is 9.47. The van der Waals surface area contributed by atoms with Gasteiger partial charge in [0.15, 0.2) is 0 Å². The lowest BCUT2D eigenvalue weighted by Crippen LogP contribution is -2.54. The molecule has 0 amide bonds. The van der Waals surface area contributed by atoms with E-state index in [1.807, 2.05) is 0 Å². The van der Waals surface area contributed by atoms with Crippen LogP contribution in [0.25, 0.3) is 0 Å². The molecule has 0 aromatic heterocycles. The number of aliphatic hydroxyl groups excluding tert-OH is 1. The normalized spacial score (nSPS) is 53.4. The zero-order valence-corrected chi connectivity index (χ0v) is 15.1. The molecule has 3 nitrogen and oxygen atoms in total. The zero-order chi connectivity index (χ0) is 17.2. The van der Waals surface area contributed by atoms with E-state index in [-0.39, 0.29) is 23.4 Å². The Morgan fingerprint density at radius 3 is 2.67 bits per heavy atom. The molecule has 2 N–H and O–H groups in total.